The summed E-state index contributed by atoms with van der Waals surface area (Å²) < 4.78 is 23.3. The van der Waals surface area contributed by atoms with Crippen LogP contribution in [0.1, 0.15) is 205 Å². The van der Waals surface area contributed by atoms with E-state index in [-0.39, 0.29) is 39.2 Å². The van der Waals surface area contributed by atoms with Crippen LogP contribution in [0, 0.1) is 0 Å². The fourth-order valence-electron chi connectivity index (χ4n) is 10.7. The normalized spacial score (nSPS) is 19.2. The molecule has 0 aliphatic carbocycles. The second-order valence-electron chi connectivity index (χ2n) is 22.6. The van der Waals surface area contributed by atoms with Gasteiger partial charge in [-0.15, -0.1) is 0 Å². The van der Waals surface area contributed by atoms with Gasteiger partial charge in [-0.25, -0.2) is 19.2 Å². The molecule has 0 spiro atoms. The van der Waals surface area contributed by atoms with E-state index in [0.717, 1.165) is 47.9 Å². The van der Waals surface area contributed by atoms with Gasteiger partial charge in [-0.2, -0.15) is 10.1 Å². The molecule has 14 heteroatoms. The third kappa shape index (κ3) is 15.9. The van der Waals surface area contributed by atoms with Crippen molar-refractivity contribution in [2.75, 3.05) is 13.1 Å². The predicted molar refractivity (Wildman–Crippen MR) is 290 cm³/mol. The van der Waals surface area contributed by atoms with Crippen molar-refractivity contribution in [2.24, 2.45) is 0 Å². The molecule has 2 aliphatic rings. The van der Waals surface area contributed by atoms with Crippen LogP contribution in [0.25, 0.3) is 0 Å². The molecule has 6 rings (SSSR count). The number of esters is 2. The number of carbonyl (C=O) groups excluding carboxylic acids is 4. The molecule has 14 nitrogen and oxygen atoms in total. The first kappa shape index (κ1) is 57.5. The second kappa shape index (κ2) is 25.2. The topological polar surface area (TPSA) is 154 Å². The molecule has 4 aromatic carbocycles. The lowest BCUT2D eigenvalue weighted by molar-refractivity contribution is -0.313. The van der Waals surface area contributed by atoms with Gasteiger partial charge in [0.25, 0.3) is 0 Å². The summed E-state index contributed by atoms with van der Waals surface area (Å²) >= 11 is 0. The first-order chi connectivity index (χ1) is 34.9. The number of carbonyl (C=O) groups is 4. The summed E-state index contributed by atoms with van der Waals surface area (Å²) in [4.78, 5) is 64.3. The number of hydroxylamine groups is 4. The molecule has 0 aromatic heterocycles. The highest BCUT2D eigenvalue weighted by Gasteiger charge is 2.50. The van der Waals surface area contributed by atoms with Gasteiger partial charge in [-0.05, 0) is 142 Å². The lowest BCUT2D eigenvalue weighted by Crippen LogP contribution is -2.62. The smallest absolute Gasteiger partial charge is 0.407 e. The van der Waals surface area contributed by atoms with Crippen molar-refractivity contribution < 1.29 is 50.7 Å². The molecule has 0 saturated carbocycles. The highest BCUT2D eigenvalue weighted by atomic mass is 16.7. The molecule has 2 fully saturated rings. The van der Waals surface area contributed by atoms with Crippen molar-refractivity contribution in [3.05, 3.63) is 143 Å². The van der Waals surface area contributed by atoms with E-state index in [2.05, 4.69) is 76.1 Å². The standard InChI is InChI=1S/C60H82N4O10.2H2/c1-41(45-27-31-47(32-28-45)43(3)73-63-57(5,6)37-51(38-58(63,7)8)71-53(65)49-23-17-15-18-24-49)69-55(67)61-35-21-13-14-22-36-62-56(68)70-42(2)46-29-33-48(34-30-46)44(4)74-64-59(9,10)39-52(40-60(64,11)12)72-54(66)50-25-19-16-20-26-50;;/h15-20,23-34,41-44,51-52H,13-14,21-22,35-40H2,1-12H3,(H,61,67)(H,62,68);2*1H. The van der Waals surface area contributed by atoms with E-state index >= 15 is 0 Å². The summed E-state index contributed by atoms with van der Waals surface area (Å²) in [5.41, 5.74) is 3.19. The minimum atomic E-state index is -0.470. The summed E-state index contributed by atoms with van der Waals surface area (Å²) in [5, 5.41) is 9.83. The SMILES string of the molecule is CC(OC(=O)NCCCCCCNC(=O)OC(C)c1ccc(C(C)ON2C(C)(C)CC(OC(=O)c3ccccc3)CC2(C)C)cc1)c1ccc(C(C)ON2C(C)(C)CC(OC(=O)c3ccccc3)CC2(C)C)cc1.[HH].[HH]. The highest BCUT2D eigenvalue weighted by molar-refractivity contribution is 5.90. The van der Waals surface area contributed by atoms with E-state index in [9.17, 15) is 19.2 Å². The molecule has 0 bridgehead atoms. The zero-order valence-corrected chi connectivity index (χ0v) is 45.9. The number of alkyl carbamates (subject to hydrolysis) is 2. The predicted octanol–water partition coefficient (Wildman–Crippen LogP) is 13.8. The summed E-state index contributed by atoms with van der Waals surface area (Å²) in [6.45, 7) is 25.6. The van der Waals surface area contributed by atoms with Gasteiger partial charge < -0.3 is 29.6 Å². The lowest BCUT2D eigenvalue weighted by Gasteiger charge is -2.54. The van der Waals surface area contributed by atoms with Crippen molar-refractivity contribution in [3.63, 3.8) is 0 Å². The maximum atomic E-state index is 12.8. The monoisotopic (exact) mass is 1020 g/mol. The first-order valence-electron chi connectivity index (χ1n) is 26.5. The number of piperidine rings is 2. The fraction of sp³-hybridized carbons (Fsp3) is 0.533. The largest absolute Gasteiger partial charge is 0.459 e. The van der Waals surface area contributed by atoms with E-state index in [4.69, 9.17) is 28.6 Å². The maximum Gasteiger partial charge on any atom is 0.407 e. The van der Waals surface area contributed by atoms with Crippen molar-refractivity contribution in [1.82, 2.24) is 20.8 Å². The van der Waals surface area contributed by atoms with Gasteiger partial charge in [0.1, 0.15) is 36.6 Å². The Morgan fingerprint density at radius 2 is 0.743 bits per heavy atom. The summed E-state index contributed by atoms with van der Waals surface area (Å²) in [7, 11) is 0. The number of benzene rings is 4. The van der Waals surface area contributed by atoms with E-state index < -0.39 is 46.6 Å². The van der Waals surface area contributed by atoms with Gasteiger partial charge in [-0.3, -0.25) is 9.68 Å². The molecule has 2 N–H and O–H groups in total. The van der Waals surface area contributed by atoms with E-state index in [1.807, 2.05) is 113 Å². The Morgan fingerprint density at radius 3 is 1.04 bits per heavy atom. The van der Waals surface area contributed by atoms with Crippen LogP contribution in [-0.2, 0) is 28.6 Å². The second-order valence-corrected chi connectivity index (χ2v) is 22.6. The van der Waals surface area contributed by atoms with Crippen molar-refractivity contribution in [3.8, 4) is 0 Å². The highest BCUT2D eigenvalue weighted by Crippen LogP contribution is 2.44. The third-order valence-electron chi connectivity index (χ3n) is 14.2. The Labute approximate surface area is 443 Å². The molecule has 74 heavy (non-hydrogen) atoms. The molecular formula is C60H86N4O10. The van der Waals surface area contributed by atoms with E-state index in [1.165, 1.54) is 0 Å². The fourth-order valence-corrected chi connectivity index (χ4v) is 10.7. The number of rotatable bonds is 21. The van der Waals surface area contributed by atoms with Gasteiger partial charge in [0, 0.05) is 63.8 Å². The molecule has 2 amide bonds. The average molecular weight is 1020 g/mol. The quantitative estimate of drug-likeness (QED) is 0.0464. The summed E-state index contributed by atoms with van der Waals surface area (Å²) in [5.74, 6) is -0.621. The number of hydrogen-bond acceptors (Lipinski definition) is 12. The molecule has 4 atom stereocenters. The van der Waals surface area contributed by atoms with E-state index in [1.54, 1.807) is 24.3 Å². The van der Waals surface area contributed by atoms with Crippen molar-refractivity contribution in [2.45, 2.75) is 193 Å². The zero-order valence-electron chi connectivity index (χ0n) is 45.9. The number of ether oxygens (including phenoxy) is 4. The van der Waals surface area contributed by atoms with Gasteiger partial charge in [-0.1, -0.05) is 97.8 Å². The lowest BCUT2D eigenvalue weighted by atomic mass is 9.80. The molecular weight excluding hydrogens is 937 g/mol. The minimum absolute atomic E-state index is 0. The van der Waals surface area contributed by atoms with Crippen LogP contribution in [-0.4, -0.2) is 81.7 Å². The number of nitrogens with one attached hydrogen (secondary N) is 2. The van der Waals surface area contributed by atoms with E-state index in [0.29, 0.717) is 49.9 Å². The van der Waals surface area contributed by atoms with Crippen LogP contribution in [0.3, 0.4) is 0 Å². The molecule has 4 unspecified atom stereocenters. The van der Waals surface area contributed by atoms with Crippen LogP contribution < -0.4 is 10.6 Å². The Morgan fingerprint density at radius 1 is 0.459 bits per heavy atom. The number of hydrogen-bond donors (Lipinski definition) is 2. The molecule has 406 valence electrons. The zero-order chi connectivity index (χ0) is 53.8. The van der Waals surface area contributed by atoms with Crippen molar-refractivity contribution >= 4 is 24.1 Å². The van der Waals surface area contributed by atoms with Crippen LogP contribution >= 0.6 is 0 Å². The number of unbranched alkanes of at least 4 members (excludes halogenated alkanes) is 3. The number of amides is 2. The van der Waals surface area contributed by atoms with Crippen molar-refractivity contribution in [1.29, 1.82) is 0 Å². The number of nitrogens with zero attached hydrogens (tertiary/aromatic N) is 2. The molecule has 2 saturated heterocycles. The average Bonchev–Trinajstić information content (AvgIpc) is 3.34. The molecule has 4 aromatic rings. The minimum Gasteiger partial charge on any atom is -0.459 e. The van der Waals surface area contributed by atoms with Gasteiger partial charge in [0.15, 0.2) is 0 Å². The Hall–Kier alpha value is -5.80. The van der Waals surface area contributed by atoms with Crippen LogP contribution in [0.2, 0.25) is 0 Å². The van der Waals surface area contributed by atoms with Crippen LogP contribution in [0.15, 0.2) is 109 Å². The Balaban J connectivity index is 0.00000624. The van der Waals surface area contributed by atoms with Gasteiger partial charge in [0.2, 0.25) is 0 Å². The molecule has 0 radical (unpaired) electrons. The van der Waals surface area contributed by atoms with Crippen LogP contribution in [0.5, 0.6) is 0 Å². The molecule has 2 heterocycles. The summed E-state index contributed by atoms with van der Waals surface area (Å²) in [6, 6.07) is 34.0. The van der Waals surface area contributed by atoms with Gasteiger partial charge in [0.05, 0.1) is 11.1 Å². The maximum absolute atomic E-state index is 12.8. The molecule has 2 aliphatic heterocycles. The van der Waals surface area contributed by atoms with Gasteiger partial charge >= 0.3 is 24.1 Å². The first-order valence-corrected chi connectivity index (χ1v) is 26.5. The third-order valence-corrected chi connectivity index (χ3v) is 14.2. The van der Waals surface area contributed by atoms with Crippen LogP contribution in [0.4, 0.5) is 9.59 Å². The Kier molecular flexibility index (Phi) is 19.5. The summed E-state index contributed by atoms with van der Waals surface area (Å²) in [6.07, 6.45) is 3.00. The Bertz CT molecular complexity index is 2250.